The van der Waals surface area contributed by atoms with E-state index in [0.717, 1.165) is 29.7 Å². The van der Waals surface area contributed by atoms with Gasteiger partial charge >= 0.3 is 0 Å². The first-order valence-corrected chi connectivity index (χ1v) is 8.04. The maximum Gasteiger partial charge on any atom is 0.262 e. The molecule has 0 aliphatic rings. The van der Waals surface area contributed by atoms with Gasteiger partial charge in [-0.05, 0) is 19.2 Å². The molecule has 21 heavy (non-hydrogen) atoms. The Balaban J connectivity index is 0.00000220. The standard InChI is InChI=1S/C15H19ClN2OS.ClH/c1-3-18(4-2)10-9-17-15(19)14-13(16)11-7-5-6-8-12(11)20-14;/h5-8H,3-4,9-10H2,1-2H3,(H,17,19);1H. The van der Waals surface area contributed by atoms with Gasteiger partial charge in [-0.15, -0.1) is 23.7 Å². The van der Waals surface area contributed by atoms with Crippen LogP contribution in [0.5, 0.6) is 0 Å². The van der Waals surface area contributed by atoms with Gasteiger partial charge < -0.3 is 10.2 Å². The number of hydrogen-bond acceptors (Lipinski definition) is 3. The lowest BCUT2D eigenvalue weighted by Crippen LogP contribution is -2.34. The number of amides is 1. The molecular formula is C15H20Cl2N2OS. The Hall–Kier alpha value is -0.810. The minimum Gasteiger partial charge on any atom is -0.350 e. The molecule has 2 rings (SSSR count). The van der Waals surface area contributed by atoms with E-state index >= 15 is 0 Å². The zero-order chi connectivity index (χ0) is 14.5. The summed E-state index contributed by atoms with van der Waals surface area (Å²) in [6.07, 6.45) is 0. The number of carbonyl (C=O) groups excluding carboxylic acids is 1. The summed E-state index contributed by atoms with van der Waals surface area (Å²) in [7, 11) is 0. The highest BCUT2D eigenvalue weighted by molar-refractivity contribution is 7.21. The van der Waals surface area contributed by atoms with E-state index in [9.17, 15) is 4.79 Å². The van der Waals surface area contributed by atoms with Crippen LogP contribution < -0.4 is 5.32 Å². The summed E-state index contributed by atoms with van der Waals surface area (Å²) in [4.78, 5) is 15.1. The predicted octanol–water partition coefficient (Wildman–Crippen LogP) is 4.05. The van der Waals surface area contributed by atoms with Crippen LogP contribution in [0.4, 0.5) is 0 Å². The number of rotatable bonds is 6. The minimum atomic E-state index is -0.0802. The molecule has 0 aliphatic carbocycles. The van der Waals surface area contributed by atoms with Crippen molar-refractivity contribution in [1.82, 2.24) is 10.2 Å². The number of thiophene rings is 1. The second-order valence-corrected chi connectivity index (χ2v) is 5.95. The highest BCUT2D eigenvalue weighted by Crippen LogP contribution is 2.34. The maximum atomic E-state index is 12.2. The lowest BCUT2D eigenvalue weighted by atomic mass is 10.2. The fourth-order valence-corrected chi connectivity index (χ4v) is 3.54. The Labute approximate surface area is 140 Å². The summed E-state index contributed by atoms with van der Waals surface area (Å²) in [5.41, 5.74) is 0. The van der Waals surface area contributed by atoms with Gasteiger partial charge in [0.05, 0.1) is 5.02 Å². The van der Waals surface area contributed by atoms with Crippen LogP contribution in [-0.4, -0.2) is 37.0 Å². The predicted molar refractivity (Wildman–Crippen MR) is 94.2 cm³/mol. The summed E-state index contributed by atoms with van der Waals surface area (Å²) < 4.78 is 1.05. The van der Waals surface area contributed by atoms with E-state index in [1.165, 1.54) is 11.3 Å². The van der Waals surface area contributed by atoms with Crippen molar-refractivity contribution in [2.75, 3.05) is 26.2 Å². The SMILES string of the molecule is CCN(CC)CCNC(=O)c1sc2ccccc2c1Cl.Cl. The third kappa shape index (κ3) is 4.33. The summed E-state index contributed by atoms with van der Waals surface area (Å²) in [5.74, 6) is -0.0802. The quantitative estimate of drug-likeness (QED) is 0.855. The Bertz CT molecular complexity index is 596. The van der Waals surface area contributed by atoms with Crippen molar-refractivity contribution in [3.05, 3.63) is 34.2 Å². The maximum absolute atomic E-state index is 12.2. The third-order valence-corrected chi connectivity index (χ3v) is 5.02. The first-order valence-electron chi connectivity index (χ1n) is 6.85. The van der Waals surface area contributed by atoms with E-state index in [1.807, 2.05) is 24.3 Å². The minimum absolute atomic E-state index is 0. The monoisotopic (exact) mass is 346 g/mol. The van der Waals surface area contributed by atoms with Crippen molar-refractivity contribution < 1.29 is 4.79 Å². The number of nitrogens with one attached hydrogen (secondary N) is 1. The van der Waals surface area contributed by atoms with E-state index < -0.39 is 0 Å². The van der Waals surface area contributed by atoms with Gasteiger partial charge in [-0.1, -0.05) is 43.6 Å². The molecule has 0 saturated carbocycles. The molecule has 0 radical (unpaired) electrons. The zero-order valence-corrected chi connectivity index (χ0v) is 14.6. The molecule has 1 amide bonds. The van der Waals surface area contributed by atoms with Gasteiger partial charge in [0.25, 0.3) is 5.91 Å². The largest absolute Gasteiger partial charge is 0.350 e. The van der Waals surface area contributed by atoms with Crippen LogP contribution in [0.25, 0.3) is 10.1 Å². The highest BCUT2D eigenvalue weighted by Gasteiger charge is 2.16. The zero-order valence-electron chi connectivity index (χ0n) is 12.2. The number of likely N-dealkylation sites (N-methyl/N-ethyl adjacent to an activating group) is 1. The van der Waals surface area contributed by atoms with Gasteiger partial charge in [-0.25, -0.2) is 0 Å². The van der Waals surface area contributed by atoms with Crippen molar-refractivity contribution in [2.24, 2.45) is 0 Å². The van der Waals surface area contributed by atoms with Gasteiger partial charge in [0.2, 0.25) is 0 Å². The van der Waals surface area contributed by atoms with Crippen LogP contribution in [0.3, 0.4) is 0 Å². The molecule has 0 unspecified atom stereocenters. The topological polar surface area (TPSA) is 32.3 Å². The number of nitrogens with zero attached hydrogens (tertiary/aromatic N) is 1. The van der Waals surface area contributed by atoms with Gasteiger partial charge in [0.15, 0.2) is 0 Å². The fraction of sp³-hybridized carbons (Fsp3) is 0.400. The van der Waals surface area contributed by atoms with E-state index in [2.05, 4.69) is 24.1 Å². The molecule has 0 fully saturated rings. The van der Waals surface area contributed by atoms with E-state index in [0.29, 0.717) is 16.4 Å². The number of hydrogen-bond donors (Lipinski definition) is 1. The lowest BCUT2D eigenvalue weighted by Gasteiger charge is -2.17. The van der Waals surface area contributed by atoms with E-state index in [4.69, 9.17) is 11.6 Å². The molecule has 1 N–H and O–H groups in total. The average molecular weight is 347 g/mol. The number of carbonyl (C=O) groups is 1. The van der Waals surface area contributed by atoms with Crippen LogP contribution in [0, 0.1) is 0 Å². The molecule has 0 atom stereocenters. The third-order valence-electron chi connectivity index (χ3n) is 3.35. The van der Waals surface area contributed by atoms with Crippen LogP contribution in [0.15, 0.2) is 24.3 Å². The summed E-state index contributed by atoms with van der Waals surface area (Å²) in [5, 5.41) is 4.46. The Morgan fingerprint density at radius 2 is 1.95 bits per heavy atom. The molecule has 0 spiro atoms. The Kier molecular flexibility index (Phi) is 7.46. The molecule has 6 heteroatoms. The van der Waals surface area contributed by atoms with Gasteiger partial charge in [0.1, 0.15) is 4.88 Å². The van der Waals surface area contributed by atoms with Gasteiger partial charge in [0, 0.05) is 23.2 Å². The van der Waals surface area contributed by atoms with Gasteiger partial charge in [-0.3, -0.25) is 4.79 Å². The summed E-state index contributed by atoms with van der Waals surface area (Å²) in [6.45, 7) is 7.74. The Morgan fingerprint density at radius 3 is 2.57 bits per heavy atom. The smallest absolute Gasteiger partial charge is 0.262 e. The number of halogens is 2. The van der Waals surface area contributed by atoms with Crippen LogP contribution in [0.2, 0.25) is 5.02 Å². The van der Waals surface area contributed by atoms with Crippen molar-refractivity contribution in [3.8, 4) is 0 Å². The Morgan fingerprint density at radius 1 is 1.29 bits per heavy atom. The molecule has 1 heterocycles. The van der Waals surface area contributed by atoms with Crippen molar-refractivity contribution in [3.63, 3.8) is 0 Å². The first-order chi connectivity index (χ1) is 9.67. The molecule has 0 bridgehead atoms. The average Bonchev–Trinajstić information content (AvgIpc) is 2.81. The molecule has 0 aliphatic heterocycles. The van der Waals surface area contributed by atoms with Gasteiger partial charge in [-0.2, -0.15) is 0 Å². The van der Waals surface area contributed by atoms with Crippen LogP contribution in [0.1, 0.15) is 23.5 Å². The van der Waals surface area contributed by atoms with Crippen molar-refractivity contribution in [1.29, 1.82) is 0 Å². The second kappa shape index (κ2) is 8.59. The van der Waals surface area contributed by atoms with E-state index in [1.54, 1.807) is 0 Å². The normalized spacial score (nSPS) is 10.7. The van der Waals surface area contributed by atoms with E-state index in [-0.39, 0.29) is 18.3 Å². The molecule has 0 saturated heterocycles. The second-order valence-electron chi connectivity index (χ2n) is 4.52. The van der Waals surface area contributed by atoms with Crippen molar-refractivity contribution in [2.45, 2.75) is 13.8 Å². The first kappa shape index (κ1) is 18.2. The number of benzene rings is 1. The molecule has 1 aromatic carbocycles. The summed E-state index contributed by atoms with van der Waals surface area (Å²) in [6, 6.07) is 7.82. The summed E-state index contributed by atoms with van der Waals surface area (Å²) >= 11 is 7.73. The lowest BCUT2D eigenvalue weighted by molar-refractivity contribution is 0.0953. The molecule has 1 aromatic heterocycles. The molecular weight excluding hydrogens is 327 g/mol. The number of fused-ring (bicyclic) bond motifs is 1. The molecule has 3 nitrogen and oxygen atoms in total. The van der Waals surface area contributed by atoms with Crippen molar-refractivity contribution >= 4 is 51.3 Å². The van der Waals surface area contributed by atoms with Crippen LogP contribution in [-0.2, 0) is 0 Å². The van der Waals surface area contributed by atoms with Crippen LogP contribution >= 0.6 is 35.3 Å². The molecule has 116 valence electrons. The highest BCUT2D eigenvalue weighted by atomic mass is 35.5. The fourth-order valence-electron chi connectivity index (χ4n) is 2.11. The molecule has 2 aromatic rings.